The van der Waals surface area contributed by atoms with E-state index in [1.54, 1.807) is 7.11 Å². The Balaban J connectivity index is 1.68. The normalized spacial score (nSPS) is 10.2. The van der Waals surface area contributed by atoms with E-state index in [2.05, 4.69) is 5.32 Å². The molecule has 0 radical (unpaired) electrons. The molecule has 5 heteroatoms. The van der Waals surface area contributed by atoms with E-state index in [1.807, 2.05) is 55.5 Å². The average molecular weight is 341 g/mol. The molecule has 1 amide bonds. The predicted molar refractivity (Wildman–Crippen MR) is 95.5 cm³/mol. The Morgan fingerprint density at radius 3 is 2.48 bits per heavy atom. The Labute approximate surface area is 148 Å². The van der Waals surface area contributed by atoms with Gasteiger partial charge >= 0.3 is 5.97 Å². The maximum absolute atomic E-state index is 11.8. The summed E-state index contributed by atoms with van der Waals surface area (Å²) in [5.41, 5.74) is 3.01. The summed E-state index contributed by atoms with van der Waals surface area (Å²) in [5, 5.41) is 2.74. The largest absolute Gasteiger partial charge is 0.496 e. The lowest BCUT2D eigenvalue weighted by atomic mass is 10.1. The molecule has 2 aromatic carbocycles. The number of aryl methyl sites for hydroxylation is 1. The summed E-state index contributed by atoms with van der Waals surface area (Å²) in [6.45, 7) is 2.17. The van der Waals surface area contributed by atoms with Crippen LogP contribution in [0, 0.1) is 6.92 Å². The van der Waals surface area contributed by atoms with Gasteiger partial charge in [-0.1, -0.05) is 48.0 Å². The molecule has 0 aromatic heterocycles. The third-order valence-corrected chi connectivity index (χ3v) is 3.74. The predicted octanol–water partition coefficient (Wildman–Crippen LogP) is 2.45. The molecule has 2 aromatic rings. The minimum Gasteiger partial charge on any atom is -0.496 e. The molecule has 0 spiro atoms. The van der Waals surface area contributed by atoms with Crippen LogP contribution in [0.4, 0.5) is 0 Å². The van der Waals surface area contributed by atoms with E-state index in [-0.39, 0.29) is 18.9 Å². The highest BCUT2D eigenvalue weighted by molar-refractivity contribution is 5.81. The third kappa shape index (κ3) is 6.30. The van der Waals surface area contributed by atoms with E-state index in [1.165, 1.54) is 0 Å². The van der Waals surface area contributed by atoms with Crippen molar-refractivity contribution in [3.8, 4) is 5.75 Å². The Morgan fingerprint density at radius 2 is 1.76 bits per heavy atom. The number of esters is 1. The highest BCUT2D eigenvalue weighted by Crippen LogP contribution is 2.17. The second kappa shape index (κ2) is 9.47. The lowest BCUT2D eigenvalue weighted by molar-refractivity contribution is -0.147. The van der Waals surface area contributed by atoms with Crippen molar-refractivity contribution in [2.24, 2.45) is 0 Å². The molecule has 0 saturated heterocycles. The number of benzene rings is 2. The number of para-hydroxylation sites is 1. The first kappa shape index (κ1) is 18.5. The first-order chi connectivity index (χ1) is 12.1. The van der Waals surface area contributed by atoms with Crippen molar-refractivity contribution in [2.45, 2.75) is 19.8 Å². The number of nitrogens with one attached hydrogen (secondary N) is 1. The molecule has 0 aliphatic heterocycles. The number of rotatable bonds is 8. The summed E-state index contributed by atoms with van der Waals surface area (Å²) in [6.07, 6.45) is 0.807. The van der Waals surface area contributed by atoms with Gasteiger partial charge in [-0.3, -0.25) is 9.59 Å². The summed E-state index contributed by atoms with van der Waals surface area (Å²) in [6, 6.07) is 15.3. The Bertz CT molecular complexity index is 710. The molecule has 0 saturated carbocycles. The van der Waals surface area contributed by atoms with Crippen molar-refractivity contribution in [1.29, 1.82) is 0 Å². The van der Waals surface area contributed by atoms with E-state index in [4.69, 9.17) is 9.47 Å². The van der Waals surface area contributed by atoms with E-state index >= 15 is 0 Å². The van der Waals surface area contributed by atoms with Crippen LogP contribution in [0.25, 0.3) is 0 Å². The smallest absolute Gasteiger partial charge is 0.310 e. The number of methoxy groups -OCH3 is 1. The third-order valence-electron chi connectivity index (χ3n) is 3.74. The number of carbonyl (C=O) groups excluding carboxylic acids is 2. The molecular formula is C20H23NO4. The van der Waals surface area contributed by atoms with E-state index < -0.39 is 5.97 Å². The van der Waals surface area contributed by atoms with Crippen molar-refractivity contribution in [3.63, 3.8) is 0 Å². The highest BCUT2D eigenvalue weighted by atomic mass is 16.5. The summed E-state index contributed by atoms with van der Waals surface area (Å²) >= 11 is 0. The number of hydrogen-bond donors (Lipinski definition) is 1. The second-order valence-electron chi connectivity index (χ2n) is 5.73. The van der Waals surface area contributed by atoms with Crippen molar-refractivity contribution < 1.29 is 19.1 Å². The van der Waals surface area contributed by atoms with Crippen LogP contribution in [-0.4, -0.2) is 32.1 Å². The molecule has 2 rings (SSSR count). The lowest BCUT2D eigenvalue weighted by Gasteiger charge is -2.09. The number of hydrogen-bond acceptors (Lipinski definition) is 4. The summed E-state index contributed by atoms with van der Waals surface area (Å²) < 4.78 is 10.3. The molecule has 0 atom stereocenters. The summed E-state index contributed by atoms with van der Waals surface area (Å²) in [4.78, 5) is 23.5. The first-order valence-corrected chi connectivity index (χ1v) is 8.18. The van der Waals surface area contributed by atoms with Crippen molar-refractivity contribution in [3.05, 3.63) is 65.2 Å². The van der Waals surface area contributed by atoms with Gasteiger partial charge in [0.15, 0.2) is 6.61 Å². The highest BCUT2D eigenvalue weighted by Gasteiger charge is 2.09. The molecule has 0 aliphatic carbocycles. The minimum atomic E-state index is -0.413. The van der Waals surface area contributed by atoms with Gasteiger partial charge in [0.2, 0.25) is 0 Å². The first-order valence-electron chi connectivity index (χ1n) is 8.18. The van der Waals surface area contributed by atoms with Gasteiger partial charge in [-0.25, -0.2) is 0 Å². The molecule has 0 unspecified atom stereocenters. The van der Waals surface area contributed by atoms with Crippen LogP contribution in [0.1, 0.15) is 16.7 Å². The van der Waals surface area contributed by atoms with Crippen LogP contribution in [0.5, 0.6) is 5.75 Å². The van der Waals surface area contributed by atoms with Gasteiger partial charge in [0.1, 0.15) is 5.75 Å². The molecule has 25 heavy (non-hydrogen) atoms. The van der Waals surface area contributed by atoms with E-state index in [9.17, 15) is 9.59 Å². The maximum atomic E-state index is 11.8. The van der Waals surface area contributed by atoms with Gasteiger partial charge < -0.3 is 14.8 Å². The number of ether oxygens (including phenoxy) is 2. The van der Waals surface area contributed by atoms with Gasteiger partial charge in [0.25, 0.3) is 5.91 Å². The van der Waals surface area contributed by atoms with Gasteiger partial charge in [-0.15, -0.1) is 0 Å². The van der Waals surface area contributed by atoms with Crippen LogP contribution in [0.15, 0.2) is 48.5 Å². The van der Waals surface area contributed by atoms with Crippen LogP contribution >= 0.6 is 0 Å². The zero-order valence-corrected chi connectivity index (χ0v) is 14.6. The van der Waals surface area contributed by atoms with Crippen LogP contribution in [0.2, 0.25) is 0 Å². The summed E-state index contributed by atoms with van der Waals surface area (Å²) in [5.74, 6) is 0.0668. The van der Waals surface area contributed by atoms with Gasteiger partial charge in [0.05, 0.1) is 13.5 Å². The lowest BCUT2D eigenvalue weighted by Crippen LogP contribution is -2.30. The van der Waals surface area contributed by atoms with Crippen molar-refractivity contribution >= 4 is 11.9 Å². The zero-order chi connectivity index (χ0) is 18.1. The van der Waals surface area contributed by atoms with E-state index in [0.717, 1.165) is 22.4 Å². The quantitative estimate of drug-likeness (QED) is 0.749. The Hall–Kier alpha value is -2.82. The maximum Gasteiger partial charge on any atom is 0.310 e. The van der Waals surface area contributed by atoms with Crippen molar-refractivity contribution in [1.82, 2.24) is 5.32 Å². The van der Waals surface area contributed by atoms with Crippen molar-refractivity contribution in [2.75, 3.05) is 20.3 Å². The second-order valence-corrected chi connectivity index (χ2v) is 5.73. The Kier molecular flexibility index (Phi) is 7.01. The fourth-order valence-electron chi connectivity index (χ4n) is 2.37. The van der Waals surface area contributed by atoms with Gasteiger partial charge in [-0.05, 0) is 30.5 Å². The summed E-state index contributed by atoms with van der Waals surface area (Å²) in [7, 11) is 1.62. The molecule has 5 nitrogen and oxygen atoms in total. The monoisotopic (exact) mass is 341 g/mol. The zero-order valence-electron chi connectivity index (χ0n) is 14.6. The Morgan fingerprint density at radius 1 is 1.04 bits per heavy atom. The molecule has 132 valence electrons. The van der Waals surface area contributed by atoms with Crippen LogP contribution in [0.3, 0.4) is 0 Å². The topological polar surface area (TPSA) is 64.6 Å². The molecule has 0 heterocycles. The minimum absolute atomic E-state index is 0.161. The molecule has 0 aliphatic rings. The van der Waals surface area contributed by atoms with E-state index in [0.29, 0.717) is 13.0 Å². The van der Waals surface area contributed by atoms with Crippen LogP contribution in [-0.2, 0) is 27.2 Å². The fourth-order valence-corrected chi connectivity index (χ4v) is 2.37. The SMILES string of the molecule is COc1ccccc1CCNC(=O)COC(=O)Cc1ccc(C)cc1. The molecule has 0 bridgehead atoms. The molecule has 1 N–H and O–H groups in total. The number of carbonyl (C=O) groups is 2. The van der Waals surface area contributed by atoms with Crippen LogP contribution < -0.4 is 10.1 Å². The molecule has 0 fully saturated rings. The molecular weight excluding hydrogens is 318 g/mol. The standard InChI is InChI=1S/C20H23NO4/c1-15-7-9-16(10-8-15)13-20(23)25-14-19(22)21-12-11-17-5-3-4-6-18(17)24-2/h3-10H,11-14H2,1-2H3,(H,21,22). The fraction of sp³-hybridized carbons (Fsp3) is 0.300. The number of amides is 1. The average Bonchev–Trinajstić information content (AvgIpc) is 2.62. The van der Waals surface area contributed by atoms with Gasteiger partial charge in [-0.2, -0.15) is 0 Å². The van der Waals surface area contributed by atoms with Gasteiger partial charge in [0, 0.05) is 6.54 Å².